The van der Waals surface area contributed by atoms with E-state index in [2.05, 4.69) is 17.4 Å². The monoisotopic (exact) mass is 363 g/mol. The Labute approximate surface area is 150 Å². The number of likely N-dealkylation sites (tertiary alicyclic amines) is 1. The second kappa shape index (κ2) is 8.45. The van der Waals surface area contributed by atoms with Crippen molar-refractivity contribution in [3.63, 3.8) is 0 Å². The highest BCUT2D eigenvalue weighted by Gasteiger charge is 2.27. The molecule has 132 valence electrons. The maximum absolute atomic E-state index is 13.2. The fourth-order valence-corrected chi connectivity index (χ4v) is 3.82. The minimum absolute atomic E-state index is 0.0688. The van der Waals surface area contributed by atoms with Crippen LogP contribution in [0.15, 0.2) is 53.4 Å². The van der Waals surface area contributed by atoms with Gasteiger partial charge in [0, 0.05) is 16.9 Å². The zero-order valence-corrected chi connectivity index (χ0v) is 14.6. The standard InChI is InChI=1S/C19H20F2N2OS/c20-17-7-6-16(10-18(17)21)25-13-19(24)22-15-8-9-23(12-15)11-14-4-2-1-3-5-14/h1-7,10,15H,8-9,11-13H2,(H,22,24)/p+1/t15-/m0/s1. The first-order valence-electron chi connectivity index (χ1n) is 8.35. The summed E-state index contributed by atoms with van der Waals surface area (Å²) in [6.07, 6.45) is 0.962. The molecule has 0 radical (unpaired) electrons. The number of rotatable bonds is 6. The van der Waals surface area contributed by atoms with Crippen LogP contribution >= 0.6 is 11.8 Å². The molecule has 2 aromatic carbocycles. The number of halogens is 2. The van der Waals surface area contributed by atoms with Gasteiger partial charge in [0.05, 0.1) is 24.9 Å². The molecule has 0 bridgehead atoms. The molecule has 1 amide bonds. The van der Waals surface area contributed by atoms with Crippen LogP contribution in [0.3, 0.4) is 0 Å². The number of thioether (sulfide) groups is 1. The van der Waals surface area contributed by atoms with E-state index in [1.54, 1.807) is 0 Å². The third-order valence-electron chi connectivity index (χ3n) is 4.30. The van der Waals surface area contributed by atoms with Crippen molar-refractivity contribution in [3.05, 3.63) is 65.7 Å². The summed E-state index contributed by atoms with van der Waals surface area (Å²) in [4.78, 5) is 14.1. The second-order valence-corrected chi connectivity index (χ2v) is 7.33. The first-order chi connectivity index (χ1) is 12.1. The van der Waals surface area contributed by atoms with E-state index in [1.807, 2.05) is 18.2 Å². The molecule has 0 aromatic heterocycles. The van der Waals surface area contributed by atoms with Crippen LogP contribution in [0, 0.1) is 11.6 Å². The maximum atomic E-state index is 13.2. The fraction of sp³-hybridized carbons (Fsp3) is 0.316. The largest absolute Gasteiger partial charge is 0.347 e. The molecule has 1 heterocycles. The number of benzene rings is 2. The molecule has 1 saturated heterocycles. The highest BCUT2D eigenvalue weighted by molar-refractivity contribution is 8.00. The van der Waals surface area contributed by atoms with E-state index < -0.39 is 11.6 Å². The Balaban J connectivity index is 1.42. The van der Waals surface area contributed by atoms with Gasteiger partial charge in [0.1, 0.15) is 6.54 Å². The van der Waals surface area contributed by atoms with Crippen molar-refractivity contribution < 1.29 is 18.5 Å². The number of hydrogen-bond acceptors (Lipinski definition) is 2. The Hall–Kier alpha value is -1.92. The summed E-state index contributed by atoms with van der Waals surface area (Å²) in [5.41, 5.74) is 1.30. The number of hydrogen-bond donors (Lipinski definition) is 2. The fourth-order valence-electron chi connectivity index (χ4n) is 3.08. The summed E-state index contributed by atoms with van der Waals surface area (Å²) < 4.78 is 26.1. The smallest absolute Gasteiger partial charge is 0.230 e. The Morgan fingerprint density at radius 2 is 1.96 bits per heavy atom. The van der Waals surface area contributed by atoms with Crippen LogP contribution in [0.4, 0.5) is 8.78 Å². The predicted octanol–water partition coefficient (Wildman–Crippen LogP) is 2.03. The van der Waals surface area contributed by atoms with Crippen LogP contribution in [0.5, 0.6) is 0 Å². The van der Waals surface area contributed by atoms with Crippen molar-refractivity contribution in [1.29, 1.82) is 0 Å². The van der Waals surface area contributed by atoms with E-state index in [1.165, 1.54) is 28.3 Å². The quantitative estimate of drug-likeness (QED) is 0.770. The second-order valence-electron chi connectivity index (χ2n) is 6.28. The lowest BCUT2D eigenvalue weighted by atomic mass is 10.2. The van der Waals surface area contributed by atoms with Gasteiger partial charge in [-0.2, -0.15) is 0 Å². The maximum Gasteiger partial charge on any atom is 0.230 e. The Morgan fingerprint density at radius 3 is 2.72 bits per heavy atom. The van der Waals surface area contributed by atoms with Crippen molar-refractivity contribution in [1.82, 2.24) is 5.32 Å². The van der Waals surface area contributed by atoms with Crippen molar-refractivity contribution in [2.75, 3.05) is 18.8 Å². The molecular weight excluding hydrogens is 342 g/mol. The third kappa shape index (κ3) is 5.28. The molecule has 1 unspecified atom stereocenters. The molecule has 25 heavy (non-hydrogen) atoms. The molecule has 3 rings (SSSR count). The summed E-state index contributed by atoms with van der Waals surface area (Å²) in [7, 11) is 0. The van der Waals surface area contributed by atoms with E-state index in [0.717, 1.165) is 38.2 Å². The lowest BCUT2D eigenvalue weighted by molar-refractivity contribution is -0.901. The predicted molar refractivity (Wildman–Crippen MR) is 94.5 cm³/mol. The number of carbonyl (C=O) groups is 1. The van der Waals surface area contributed by atoms with Gasteiger partial charge in [0.15, 0.2) is 11.6 Å². The molecule has 2 N–H and O–H groups in total. The molecule has 2 atom stereocenters. The normalized spacial score (nSPS) is 19.8. The van der Waals surface area contributed by atoms with Gasteiger partial charge in [-0.15, -0.1) is 11.8 Å². The molecule has 6 heteroatoms. The molecule has 1 aliphatic rings. The minimum Gasteiger partial charge on any atom is -0.347 e. The van der Waals surface area contributed by atoms with Gasteiger partial charge >= 0.3 is 0 Å². The van der Waals surface area contributed by atoms with E-state index in [9.17, 15) is 13.6 Å². The van der Waals surface area contributed by atoms with Gasteiger partial charge in [-0.1, -0.05) is 30.3 Å². The van der Waals surface area contributed by atoms with Crippen molar-refractivity contribution >= 4 is 17.7 Å². The summed E-state index contributed by atoms with van der Waals surface area (Å²) >= 11 is 1.21. The van der Waals surface area contributed by atoms with Gasteiger partial charge in [-0.25, -0.2) is 8.78 Å². The molecule has 1 fully saturated rings. The van der Waals surface area contributed by atoms with Crippen LogP contribution in [-0.2, 0) is 11.3 Å². The van der Waals surface area contributed by atoms with E-state index in [4.69, 9.17) is 0 Å². The van der Waals surface area contributed by atoms with Crippen LogP contribution in [0.2, 0.25) is 0 Å². The SMILES string of the molecule is O=C(CSc1ccc(F)c(F)c1)N[C@H]1CC[NH+](Cc2ccccc2)C1. The zero-order valence-electron chi connectivity index (χ0n) is 13.8. The van der Waals surface area contributed by atoms with E-state index in [0.29, 0.717) is 4.90 Å². The molecule has 0 aliphatic carbocycles. The lowest BCUT2D eigenvalue weighted by Gasteiger charge is -2.14. The Kier molecular flexibility index (Phi) is 6.04. The average molecular weight is 363 g/mol. The molecule has 0 spiro atoms. The lowest BCUT2D eigenvalue weighted by Crippen LogP contribution is -3.09. The molecular formula is C19H21F2N2OS+. The average Bonchev–Trinajstić information content (AvgIpc) is 3.03. The van der Waals surface area contributed by atoms with E-state index in [-0.39, 0.29) is 17.7 Å². The highest BCUT2D eigenvalue weighted by Crippen LogP contribution is 2.20. The van der Waals surface area contributed by atoms with Crippen LogP contribution in [0.1, 0.15) is 12.0 Å². The summed E-state index contributed by atoms with van der Waals surface area (Å²) in [6, 6.07) is 14.2. The van der Waals surface area contributed by atoms with E-state index >= 15 is 0 Å². The van der Waals surface area contributed by atoms with Crippen LogP contribution in [-0.4, -0.2) is 30.8 Å². The van der Waals surface area contributed by atoms with Gasteiger partial charge in [0.25, 0.3) is 0 Å². The van der Waals surface area contributed by atoms with Crippen molar-refractivity contribution in [2.45, 2.75) is 23.9 Å². The Morgan fingerprint density at radius 1 is 1.16 bits per heavy atom. The summed E-state index contributed by atoms with van der Waals surface area (Å²) in [5.74, 6) is -1.63. The topological polar surface area (TPSA) is 33.5 Å². The Bertz CT molecular complexity index is 727. The van der Waals surface area contributed by atoms with Gasteiger partial charge < -0.3 is 10.2 Å². The summed E-state index contributed by atoms with van der Waals surface area (Å²) in [5, 5.41) is 3.04. The van der Waals surface area contributed by atoms with Gasteiger partial charge in [-0.3, -0.25) is 4.79 Å². The molecule has 3 nitrogen and oxygen atoms in total. The zero-order chi connectivity index (χ0) is 17.6. The highest BCUT2D eigenvalue weighted by atomic mass is 32.2. The third-order valence-corrected chi connectivity index (χ3v) is 5.30. The number of quaternary nitrogens is 1. The number of amides is 1. The molecule has 1 aliphatic heterocycles. The first kappa shape index (κ1) is 17.9. The van der Waals surface area contributed by atoms with Crippen molar-refractivity contribution in [2.24, 2.45) is 0 Å². The van der Waals surface area contributed by atoms with Gasteiger partial charge in [0.2, 0.25) is 5.91 Å². The minimum atomic E-state index is -0.888. The number of nitrogens with one attached hydrogen (secondary N) is 2. The molecule has 0 saturated carbocycles. The summed E-state index contributed by atoms with van der Waals surface area (Å²) in [6.45, 7) is 2.92. The molecule has 2 aromatic rings. The van der Waals surface area contributed by atoms with Crippen molar-refractivity contribution in [3.8, 4) is 0 Å². The first-order valence-corrected chi connectivity index (χ1v) is 9.33. The van der Waals surface area contributed by atoms with Crippen LogP contribution < -0.4 is 10.2 Å². The number of carbonyl (C=O) groups excluding carboxylic acids is 1. The van der Waals surface area contributed by atoms with Gasteiger partial charge in [-0.05, 0) is 18.2 Å². The van der Waals surface area contributed by atoms with Crippen LogP contribution in [0.25, 0.3) is 0 Å².